The standard InChI is InChI=1S/C28H27BrN2O8S/c1-7-38-27(34)24-14(2)30-28-31(25(24)17-12-21(36-5)22(37-6)13-18(17)29)26(33)23(40-28)11-16-8-9-19(39-15(3)32)20(10-16)35-4/h8-13,25H,7H2,1-6H3/b23-11-/t25-/m1/s1. The van der Waals surface area contributed by atoms with Gasteiger partial charge in [-0.3, -0.25) is 14.2 Å². The number of ether oxygens (including phenoxy) is 5. The summed E-state index contributed by atoms with van der Waals surface area (Å²) in [6, 6.07) is 7.55. The summed E-state index contributed by atoms with van der Waals surface area (Å²) in [5, 5.41) is 0. The highest BCUT2D eigenvalue weighted by molar-refractivity contribution is 9.10. The van der Waals surface area contributed by atoms with E-state index in [1.54, 1.807) is 50.3 Å². The molecule has 10 nitrogen and oxygen atoms in total. The Morgan fingerprint density at radius 2 is 1.70 bits per heavy atom. The first-order valence-corrected chi connectivity index (χ1v) is 13.7. The summed E-state index contributed by atoms with van der Waals surface area (Å²) in [6.45, 7) is 4.88. The van der Waals surface area contributed by atoms with E-state index in [0.29, 0.717) is 47.9 Å². The summed E-state index contributed by atoms with van der Waals surface area (Å²) >= 11 is 4.77. The van der Waals surface area contributed by atoms with Gasteiger partial charge in [0, 0.05) is 11.4 Å². The van der Waals surface area contributed by atoms with Crippen LogP contribution in [0.1, 0.15) is 37.9 Å². The molecule has 1 atom stereocenters. The molecule has 0 saturated carbocycles. The van der Waals surface area contributed by atoms with Crippen molar-refractivity contribution in [2.75, 3.05) is 27.9 Å². The molecule has 1 aromatic heterocycles. The number of allylic oxidation sites excluding steroid dienone is 1. The van der Waals surface area contributed by atoms with Crippen LogP contribution < -0.4 is 33.8 Å². The van der Waals surface area contributed by atoms with Crippen LogP contribution in [0.2, 0.25) is 0 Å². The summed E-state index contributed by atoms with van der Waals surface area (Å²) in [5.74, 6) is 0.464. The van der Waals surface area contributed by atoms with Crippen molar-refractivity contribution < 1.29 is 33.3 Å². The average molecular weight is 632 g/mol. The molecule has 12 heteroatoms. The van der Waals surface area contributed by atoms with Crippen LogP contribution in [0, 0.1) is 0 Å². The smallest absolute Gasteiger partial charge is 0.338 e. The Morgan fingerprint density at radius 1 is 1.05 bits per heavy atom. The maximum atomic E-state index is 13.9. The molecule has 0 spiro atoms. The third kappa shape index (κ3) is 5.54. The van der Waals surface area contributed by atoms with E-state index in [-0.39, 0.29) is 23.5 Å². The molecule has 0 unspecified atom stereocenters. The number of nitrogens with zero attached hydrogens (tertiary/aromatic N) is 2. The topological polar surface area (TPSA) is 115 Å². The quantitative estimate of drug-likeness (QED) is 0.274. The van der Waals surface area contributed by atoms with Gasteiger partial charge in [-0.15, -0.1) is 0 Å². The number of carbonyl (C=O) groups excluding carboxylic acids is 2. The number of carbonyl (C=O) groups is 2. The molecule has 0 N–H and O–H groups in total. The van der Waals surface area contributed by atoms with Crippen LogP contribution in [0.25, 0.3) is 6.08 Å². The van der Waals surface area contributed by atoms with E-state index in [1.807, 2.05) is 0 Å². The Balaban J connectivity index is 1.95. The lowest BCUT2D eigenvalue weighted by Gasteiger charge is -2.26. The fraction of sp³-hybridized carbons (Fsp3) is 0.286. The number of halogens is 1. The first kappa shape index (κ1) is 29.1. The molecule has 3 aromatic rings. The second-order valence-corrected chi connectivity index (χ2v) is 10.4. The van der Waals surface area contributed by atoms with Crippen molar-refractivity contribution in [1.29, 1.82) is 0 Å². The van der Waals surface area contributed by atoms with Crippen LogP contribution >= 0.6 is 27.3 Å². The van der Waals surface area contributed by atoms with Gasteiger partial charge in [0.1, 0.15) is 0 Å². The predicted octanol–water partition coefficient (Wildman–Crippen LogP) is 3.51. The van der Waals surface area contributed by atoms with E-state index >= 15 is 0 Å². The molecule has 2 heterocycles. The van der Waals surface area contributed by atoms with Gasteiger partial charge >= 0.3 is 11.9 Å². The second kappa shape index (κ2) is 12.1. The fourth-order valence-corrected chi connectivity index (χ4v) is 5.92. The Morgan fingerprint density at radius 3 is 2.33 bits per heavy atom. The lowest BCUT2D eigenvalue weighted by atomic mass is 9.95. The molecule has 0 fully saturated rings. The molecule has 0 radical (unpaired) electrons. The first-order valence-electron chi connectivity index (χ1n) is 12.1. The molecule has 40 heavy (non-hydrogen) atoms. The SMILES string of the molecule is CCOC(=O)C1=C(C)N=c2s/c(=C\c3ccc(OC(C)=O)c(OC)c3)c(=O)n2[C@@H]1c1cc(OC)c(OC)cc1Br. The molecule has 0 aliphatic carbocycles. The predicted molar refractivity (Wildman–Crippen MR) is 152 cm³/mol. The van der Waals surface area contributed by atoms with Crippen molar-refractivity contribution in [3.05, 3.63) is 76.9 Å². The monoisotopic (exact) mass is 630 g/mol. The van der Waals surface area contributed by atoms with E-state index in [2.05, 4.69) is 20.9 Å². The van der Waals surface area contributed by atoms with Gasteiger partial charge < -0.3 is 23.7 Å². The minimum Gasteiger partial charge on any atom is -0.493 e. The Labute approximate surface area is 242 Å². The number of methoxy groups -OCH3 is 3. The Kier molecular flexibility index (Phi) is 8.79. The number of hydrogen-bond donors (Lipinski definition) is 0. The summed E-state index contributed by atoms with van der Waals surface area (Å²) in [5.41, 5.74) is 1.55. The van der Waals surface area contributed by atoms with E-state index in [9.17, 15) is 14.4 Å². The highest BCUT2D eigenvalue weighted by atomic mass is 79.9. The highest BCUT2D eigenvalue weighted by Gasteiger charge is 2.35. The zero-order valence-corrected chi connectivity index (χ0v) is 25.1. The Hall–Kier alpha value is -3.90. The number of thiazole rings is 1. The van der Waals surface area contributed by atoms with Crippen LogP contribution in [0.3, 0.4) is 0 Å². The maximum Gasteiger partial charge on any atom is 0.338 e. The maximum absolute atomic E-state index is 13.9. The van der Waals surface area contributed by atoms with Gasteiger partial charge in [-0.2, -0.15) is 0 Å². The van der Waals surface area contributed by atoms with Gasteiger partial charge in [-0.05, 0) is 55.3 Å². The van der Waals surface area contributed by atoms with Gasteiger partial charge in [-0.25, -0.2) is 9.79 Å². The number of rotatable bonds is 8. The zero-order valence-electron chi connectivity index (χ0n) is 22.7. The molecule has 2 aromatic carbocycles. The van der Waals surface area contributed by atoms with Crippen LogP contribution in [-0.4, -0.2) is 44.4 Å². The minimum absolute atomic E-state index is 0.158. The number of aromatic nitrogens is 1. The molecule has 0 bridgehead atoms. The lowest BCUT2D eigenvalue weighted by Crippen LogP contribution is -2.40. The highest BCUT2D eigenvalue weighted by Crippen LogP contribution is 2.40. The van der Waals surface area contributed by atoms with Crippen molar-refractivity contribution in [1.82, 2.24) is 4.57 Å². The number of hydrogen-bond acceptors (Lipinski definition) is 10. The Bertz CT molecular complexity index is 1710. The summed E-state index contributed by atoms with van der Waals surface area (Å²) < 4.78 is 29.3. The largest absolute Gasteiger partial charge is 0.493 e. The van der Waals surface area contributed by atoms with Crippen molar-refractivity contribution in [2.45, 2.75) is 26.8 Å². The molecule has 0 amide bonds. The molecular weight excluding hydrogens is 604 g/mol. The van der Waals surface area contributed by atoms with Crippen molar-refractivity contribution in [3.8, 4) is 23.0 Å². The third-order valence-electron chi connectivity index (χ3n) is 6.05. The lowest BCUT2D eigenvalue weighted by molar-refractivity contribution is -0.139. The van der Waals surface area contributed by atoms with E-state index in [4.69, 9.17) is 23.7 Å². The molecule has 1 aliphatic rings. The fourth-order valence-electron chi connectivity index (χ4n) is 4.33. The van der Waals surface area contributed by atoms with Gasteiger partial charge in [0.15, 0.2) is 27.8 Å². The zero-order chi connectivity index (χ0) is 29.1. The van der Waals surface area contributed by atoms with Gasteiger partial charge in [0.05, 0.1) is 49.8 Å². The average Bonchev–Trinajstić information content (AvgIpc) is 3.22. The van der Waals surface area contributed by atoms with Crippen LogP contribution in [0.15, 0.2) is 55.9 Å². The van der Waals surface area contributed by atoms with Crippen LogP contribution in [-0.2, 0) is 14.3 Å². The van der Waals surface area contributed by atoms with E-state index in [0.717, 1.165) is 0 Å². The normalized spacial score (nSPS) is 14.8. The molecular formula is C28H27BrN2O8S. The molecule has 0 saturated heterocycles. The van der Waals surface area contributed by atoms with E-state index < -0.39 is 18.0 Å². The summed E-state index contributed by atoms with van der Waals surface area (Å²) in [4.78, 5) is 43.6. The molecule has 4 rings (SSSR count). The molecule has 1 aliphatic heterocycles. The van der Waals surface area contributed by atoms with Gasteiger partial charge in [0.25, 0.3) is 5.56 Å². The van der Waals surface area contributed by atoms with Crippen molar-refractivity contribution in [2.24, 2.45) is 4.99 Å². The molecule has 210 valence electrons. The van der Waals surface area contributed by atoms with Crippen molar-refractivity contribution in [3.63, 3.8) is 0 Å². The number of fused-ring (bicyclic) bond motifs is 1. The minimum atomic E-state index is -0.854. The van der Waals surface area contributed by atoms with Crippen LogP contribution in [0.4, 0.5) is 0 Å². The summed E-state index contributed by atoms with van der Waals surface area (Å²) in [6.07, 6.45) is 1.69. The van der Waals surface area contributed by atoms with Gasteiger partial charge in [-0.1, -0.05) is 33.3 Å². The van der Waals surface area contributed by atoms with Crippen molar-refractivity contribution >= 4 is 45.3 Å². The number of esters is 2. The first-order chi connectivity index (χ1) is 19.1. The van der Waals surface area contributed by atoms with Gasteiger partial charge in [0.2, 0.25) is 0 Å². The van der Waals surface area contributed by atoms with E-state index in [1.165, 1.54) is 44.2 Å². The number of benzene rings is 2. The third-order valence-corrected chi connectivity index (χ3v) is 7.72. The summed E-state index contributed by atoms with van der Waals surface area (Å²) in [7, 11) is 4.49. The second-order valence-electron chi connectivity index (χ2n) is 8.53. The van der Waals surface area contributed by atoms with Crippen LogP contribution in [0.5, 0.6) is 23.0 Å².